The number of nitrogens with zero attached hydrogens (tertiary/aromatic N) is 1. The van der Waals surface area contributed by atoms with Gasteiger partial charge in [-0.3, -0.25) is 4.79 Å². The molecule has 0 aliphatic carbocycles. The van der Waals surface area contributed by atoms with Crippen LogP contribution < -0.4 is 5.32 Å². The fourth-order valence-corrected chi connectivity index (χ4v) is 4.33. The minimum Gasteiger partial charge on any atom is -0.352 e. The van der Waals surface area contributed by atoms with Crippen LogP contribution >= 0.6 is 23.4 Å². The summed E-state index contributed by atoms with van der Waals surface area (Å²) in [5, 5.41) is 2.99. The summed E-state index contributed by atoms with van der Waals surface area (Å²) in [6, 6.07) is 18.1. The predicted octanol–water partition coefficient (Wildman–Crippen LogP) is 6.50. The number of rotatable bonds is 4. The molecule has 4 rings (SSSR count). The molecule has 0 fully saturated rings. The lowest BCUT2D eigenvalue weighted by Gasteiger charge is -2.10. The van der Waals surface area contributed by atoms with Gasteiger partial charge in [0.2, 0.25) is 0 Å². The summed E-state index contributed by atoms with van der Waals surface area (Å²) in [6.07, 6.45) is 0. The summed E-state index contributed by atoms with van der Waals surface area (Å²) in [4.78, 5) is 19.4. The summed E-state index contributed by atoms with van der Waals surface area (Å²) < 4.78 is 13.7. The molecular weight excluding hydrogens is 419 g/mol. The van der Waals surface area contributed by atoms with E-state index in [9.17, 15) is 9.18 Å². The fraction of sp³-hybridized carbons (Fsp3) is 0.167. The number of hydrogen-bond donors (Lipinski definition) is 1. The molecule has 1 aliphatic heterocycles. The van der Waals surface area contributed by atoms with Gasteiger partial charge in [0.25, 0.3) is 5.91 Å². The van der Waals surface area contributed by atoms with Crippen molar-refractivity contribution in [2.45, 2.75) is 23.6 Å². The summed E-state index contributed by atoms with van der Waals surface area (Å²) in [5.74, 6) is -0.227. The molecule has 1 amide bonds. The Labute approximate surface area is 184 Å². The van der Waals surface area contributed by atoms with E-state index in [0.29, 0.717) is 29.4 Å². The predicted molar refractivity (Wildman–Crippen MR) is 121 cm³/mol. The first kappa shape index (κ1) is 20.6. The molecule has 1 heterocycles. The van der Waals surface area contributed by atoms with Gasteiger partial charge in [-0.2, -0.15) is 0 Å². The molecule has 3 nitrogen and oxygen atoms in total. The lowest BCUT2D eigenvalue weighted by atomic mass is 10.0. The molecule has 152 valence electrons. The SMILES string of the molecule is CC(C)CNC(=O)c1ccc2c(c1)N=C(c1ccc(F)c(Cl)c1)c1ccccc1S2. The first-order valence-electron chi connectivity index (χ1n) is 9.66. The van der Waals surface area contributed by atoms with Crippen molar-refractivity contribution in [3.8, 4) is 0 Å². The molecule has 3 aromatic carbocycles. The van der Waals surface area contributed by atoms with Crippen LogP contribution in [0.1, 0.15) is 35.3 Å². The standard InChI is InChI=1S/C24H20ClFN2OS/c1-14(2)13-27-24(29)16-8-10-22-20(12-16)28-23(15-7-9-19(26)18(25)11-15)17-5-3-4-6-21(17)30-22/h3-12,14H,13H2,1-2H3,(H,27,29). The second-order valence-electron chi connectivity index (χ2n) is 7.47. The van der Waals surface area contributed by atoms with Crippen LogP contribution in [0.25, 0.3) is 0 Å². The van der Waals surface area contributed by atoms with Gasteiger partial charge in [-0.1, -0.05) is 55.4 Å². The number of benzene rings is 3. The van der Waals surface area contributed by atoms with Crippen molar-refractivity contribution in [2.75, 3.05) is 6.54 Å². The maximum Gasteiger partial charge on any atom is 0.251 e. The smallest absolute Gasteiger partial charge is 0.251 e. The number of carbonyl (C=O) groups is 1. The molecule has 0 atom stereocenters. The van der Waals surface area contributed by atoms with Crippen LogP contribution in [0.4, 0.5) is 10.1 Å². The van der Waals surface area contributed by atoms with E-state index < -0.39 is 5.82 Å². The van der Waals surface area contributed by atoms with Gasteiger partial charge in [0.15, 0.2) is 0 Å². The van der Waals surface area contributed by atoms with Crippen molar-refractivity contribution in [3.63, 3.8) is 0 Å². The van der Waals surface area contributed by atoms with E-state index in [0.717, 1.165) is 20.9 Å². The molecule has 0 aromatic heterocycles. The molecule has 0 radical (unpaired) electrons. The van der Waals surface area contributed by atoms with Crippen molar-refractivity contribution < 1.29 is 9.18 Å². The third kappa shape index (κ3) is 4.27. The van der Waals surface area contributed by atoms with E-state index in [1.54, 1.807) is 30.0 Å². The zero-order valence-corrected chi connectivity index (χ0v) is 18.2. The number of nitrogens with one attached hydrogen (secondary N) is 1. The van der Waals surface area contributed by atoms with E-state index in [-0.39, 0.29) is 10.9 Å². The average molecular weight is 439 g/mol. The maximum absolute atomic E-state index is 13.7. The van der Waals surface area contributed by atoms with Gasteiger partial charge < -0.3 is 5.32 Å². The number of fused-ring (bicyclic) bond motifs is 2. The van der Waals surface area contributed by atoms with Crippen LogP contribution in [-0.2, 0) is 0 Å². The van der Waals surface area contributed by atoms with Crippen LogP contribution in [-0.4, -0.2) is 18.2 Å². The lowest BCUT2D eigenvalue weighted by Crippen LogP contribution is -2.27. The van der Waals surface area contributed by atoms with Crippen LogP contribution in [0.2, 0.25) is 5.02 Å². The summed E-state index contributed by atoms with van der Waals surface area (Å²) in [6.45, 7) is 4.71. The Bertz CT molecular complexity index is 1160. The van der Waals surface area contributed by atoms with Gasteiger partial charge in [0, 0.05) is 33.0 Å². The minimum atomic E-state index is -0.471. The Morgan fingerprint density at radius 1 is 1.10 bits per heavy atom. The molecule has 30 heavy (non-hydrogen) atoms. The minimum absolute atomic E-state index is 0.0478. The molecule has 1 aliphatic rings. The van der Waals surface area contributed by atoms with E-state index >= 15 is 0 Å². The Balaban J connectivity index is 1.82. The molecule has 3 aromatic rings. The monoisotopic (exact) mass is 438 g/mol. The molecule has 6 heteroatoms. The summed E-state index contributed by atoms with van der Waals surface area (Å²) in [5.41, 5.74) is 3.60. The summed E-state index contributed by atoms with van der Waals surface area (Å²) >= 11 is 7.63. The van der Waals surface area contributed by atoms with Crippen LogP contribution in [0.5, 0.6) is 0 Å². The quantitative estimate of drug-likeness (QED) is 0.395. The first-order chi connectivity index (χ1) is 14.4. The molecule has 1 N–H and O–H groups in total. The van der Waals surface area contributed by atoms with Gasteiger partial charge in [0.05, 0.1) is 16.4 Å². The van der Waals surface area contributed by atoms with Gasteiger partial charge >= 0.3 is 0 Å². The second-order valence-corrected chi connectivity index (χ2v) is 8.96. The zero-order valence-electron chi connectivity index (χ0n) is 16.6. The van der Waals surface area contributed by atoms with Crippen molar-refractivity contribution in [3.05, 3.63) is 88.2 Å². The highest BCUT2D eigenvalue weighted by Gasteiger charge is 2.20. The second kappa shape index (κ2) is 8.62. The molecule has 0 unspecified atom stereocenters. The molecule has 0 saturated carbocycles. The van der Waals surface area contributed by atoms with Crippen LogP contribution in [0.15, 0.2) is 75.4 Å². The van der Waals surface area contributed by atoms with E-state index in [2.05, 4.69) is 19.2 Å². The fourth-order valence-electron chi connectivity index (χ4n) is 3.15. The van der Waals surface area contributed by atoms with Crippen LogP contribution in [0.3, 0.4) is 0 Å². The molecule has 0 bridgehead atoms. The van der Waals surface area contributed by atoms with E-state index in [4.69, 9.17) is 16.6 Å². The van der Waals surface area contributed by atoms with E-state index in [1.165, 1.54) is 6.07 Å². The summed E-state index contributed by atoms with van der Waals surface area (Å²) in [7, 11) is 0. The number of aliphatic imine (C=N–C) groups is 1. The Morgan fingerprint density at radius 2 is 1.90 bits per heavy atom. The third-order valence-electron chi connectivity index (χ3n) is 4.68. The number of halogens is 2. The molecule has 0 spiro atoms. The van der Waals surface area contributed by atoms with Crippen molar-refractivity contribution >= 4 is 40.7 Å². The Morgan fingerprint density at radius 3 is 2.67 bits per heavy atom. The highest BCUT2D eigenvalue weighted by molar-refractivity contribution is 7.99. The average Bonchev–Trinajstić information content (AvgIpc) is 2.90. The number of hydrogen-bond acceptors (Lipinski definition) is 3. The maximum atomic E-state index is 13.7. The Hall–Kier alpha value is -2.63. The van der Waals surface area contributed by atoms with Gasteiger partial charge in [0.1, 0.15) is 5.82 Å². The number of carbonyl (C=O) groups excluding carboxylic acids is 1. The van der Waals surface area contributed by atoms with Gasteiger partial charge in [-0.05, 0) is 48.4 Å². The van der Waals surface area contributed by atoms with Crippen molar-refractivity contribution in [2.24, 2.45) is 10.9 Å². The highest BCUT2D eigenvalue weighted by atomic mass is 35.5. The van der Waals surface area contributed by atoms with Crippen molar-refractivity contribution in [1.82, 2.24) is 5.32 Å². The number of amides is 1. The van der Waals surface area contributed by atoms with Crippen molar-refractivity contribution in [1.29, 1.82) is 0 Å². The van der Waals surface area contributed by atoms with E-state index in [1.807, 2.05) is 36.4 Å². The highest BCUT2D eigenvalue weighted by Crippen LogP contribution is 2.41. The Kier molecular flexibility index (Phi) is 5.93. The first-order valence-corrected chi connectivity index (χ1v) is 10.9. The molecule has 0 saturated heterocycles. The molecular formula is C24H20ClFN2OS. The third-order valence-corrected chi connectivity index (χ3v) is 6.11. The van der Waals surface area contributed by atoms with Gasteiger partial charge in [-0.15, -0.1) is 0 Å². The van der Waals surface area contributed by atoms with Gasteiger partial charge in [-0.25, -0.2) is 9.38 Å². The van der Waals surface area contributed by atoms with Crippen LogP contribution in [0, 0.1) is 11.7 Å². The largest absolute Gasteiger partial charge is 0.352 e. The topological polar surface area (TPSA) is 41.5 Å². The zero-order chi connectivity index (χ0) is 21.3. The lowest BCUT2D eigenvalue weighted by molar-refractivity contribution is 0.0949. The normalized spacial score (nSPS) is 12.6.